The first-order chi connectivity index (χ1) is 16.4. The number of anilines is 2. The van der Waals surface area contributed by atoms with Crippen molar-refractivity contribution in [2.45, 2.75) is 31.2 Å². The largest absolute Gasteiger partial charge is 0.326 e. The first kappa shape index (κ1) is 24.5. The normalized spacial score (nSPS) is 12.0. The fourth-order valence-electron chi connectivity index (χ4n) is 3.36. The molecule has 0 aliphatic heterocycles. The molecule has 12 heteroatoms. The van der Waals surface area contributed by atoms with Crippen molar-refractivity contribution in [1.82, 2.24) is 19.3 Å². The van der Waals surface area contributed by atoms with Crippen LogP contribution in [-0.2, 0) is 17.1 Å². The molecule has 0 atom stereocenters. The highest BCUT2D eigenvalue weighted by atomic mass is 32.2. The minimum Gasteiger partial charge on any atom is -0.326 e. The molecule has 0 amide bonds. The van der Waals surface area contributed by atoms with Crippen LogP contribution in [0.25, 0.3) is 21.0 Å². The maximum atomic E-state index is 13.4. The van der Waals surface area contributed by atoms with Crippen molar-refractivity contribution in [3.05, 3.63) is 71.2 Å². The van der Waals surface area contributed by atoms with Crippen LogP contribution >= 0.6 is 11.3 Å². The summed E-state index contributed by atoms with van der Waals surface area (Å²) in [6.45, 7) is 5.33. The lowest BCUT2D eigenvalue weighted by molar-refractivity contribution is -0.384. The summed E-state index contributed by atoms with van der Waals surface area (Å²) in [7, 11) is -2.06. The lowest BCUT2D eigenvalue weighted by atomic mass is 10.1. The van der Waals surface area contributed by atoms with E-state index in [1.54, 1.807) is 74.3 Å². The third kappa shape index (κ3) is 5.56. The lowest BCUT2D eigenvalue weighted by Gasteiger charge is -2.22. The summed E-state index contributed by atoms with van der Waals surface area (Å²) in [4.78, 5) is 19.9. The Bertz CT molecular complexity index is 1480. The van der Waals surface area contributed by atoms with Gasteiger partial charge >= 0.3 is 0 Å². The Morgan fingerprint density at radius 3 is 2.40 bits per heavy atom. The number of nitrogens with one attached hydrogen (secondary N) is 2. The molecule has 2 aromatic heterocycles. The van der Waals surface area contributed by atoms with Crippen molar-refractivity contribution in [1.29, 1.82) is 0 Å². The Kier molecular flexibility index (Phi) is 6.45. The number of nitro benzene ring substituents is 1. The summed E-state index contributed by atoms with van der Waals surface area (Å²) < 4.78 is 31.3. The zero-order valence-corrected chi connectivity index (χ0v) is 21.1. The van der Waals surface area contributed by atoms with Gasteiger partial charge in [-0.2, -0.15) is 0 Å². The van der Waals surface area contributed by atoms with E-state index in [2.05, 4.69) is 20.0 Å². The van der Waals surface area contributed by atoms with Gasteiger partial charge in [0.15, 0.2) is 0 Å². The number of hydrogen-bond donors (Lipinski definition) is 2. The topological polar surface area (TPSA) is 132 Å². The Morgan fingerprint density at radius 1 is 1.09 bits per heavy atom. The van der Waals surface area contributed by atoms with E-state index in [1.807, 2.05) is 7.05 Å². The Balaban J connectivity index is 1.76. The van der Waals surface area contributed by atoms with Gasteiger partial charge in [0.05, 0.1) is 14.7 Å². The second-order valence-electron chi connectivity index (χ2n) is 8.89. The number of imidazole rings is 1. The van der Waals surface area contributed by atoms with Gasteiger partial charge in [-0.15, -0.1) is 11.3 Å². The molecule has 0 saturated carbocycles. The van der Waals surface area contributed by atoms with Crippen molar-refractivity contribution >= 4 is 38.7 Å². The lowest BCUT2D eigenvalue weighted by Crippen LogP contribution is -2.40. The van der Waals surface area contributed by atoms with Gasteiger partial charge in [0.2, 0.25) is 16.0 Å². The van der Waals surface area contributed by atoms with Gasteiger partial charge in [0, 0.05) is 60.1 Å². The summed E-state index contributed by atoms with van der Waals surface area (Å²) in [6.07, 6.45) is 5.04. The molecule has 4 rings (SSSR count). The van der Waals surface area contributed by atoms with Crippen molar-refractivity contribution in [3.8, 4) is 21.0 Å². The average molecular weight is 513 g/mol. The highest BCUT2D eigenvalue weighted by Crippen LogP contribution is 2.37. The van der Waals surface area contributed by atoms with Crippen LogP contribution in [0.2, 0.25) is 0 Å². The van der Waals surface area contributed by atoms with E-state index < -0.39 is 20.5 Å². The number of rotatable bonds is 7. The van der Waals surface area contributed by atoms with Crippen molar-refractivity contribution in [3.63, 3.8) is 0 Å². The van der Waals surface area contributed by atoms with Crippen molar-refractivity contribution < 1.29 is 13.3 Å². The molecule has 10 nitrogen and oxygen atoms in total. The number of aromatic nitrogens is 3. The van der Waals surface area contributed by atoms with Gasteiger partial charge < -0.3 is 9.88 Å². The van der Waals surface area contributed by atoms with E-state index in [0.29, 0.717) is 32.6 Å². The van der Waals surface area contributed by atoms with E-state index in [9.17, 15) is 18.5 Å². The third-order valence-electron chi connectivity index (χ3n) is 4.89. The first-order valence-electron chi connectivity index (χ1n) is 10.6. The van der Waals surface area contributed by atoms with Crippen LogP contribution in [0.15, 0.2) is 66.0 Å². The van der Waals surface area contributed by atoms with Crippen LogP contribution in [0.1, 0.15) is 20.8 Å². The molecular weight excluding hydrogens is 488 g/mol. The molecule has 0 aliphatic rings. The molecule has 182 valence electrons. The Morgan fingerprint density at radius 2 is 1.80 bits per heavy atom. The van der Waals surface area contributed by atoms with Crippen LogP contribution in [0.5, 0.6) is 0 Å². The summed E-state index contributed by atoms with van der Waals surface area (Å²) >= 11 is 1.31. The number of aryl methyl sites for hydroxylation is 1. The molecule has 0 aliphatic carbocycles. The molecule has 4 aromatic rings. The van der Waals surface area contributed by atoms with Crippen LogP contribution in [0.4, 0.5) is 17.3 Å². The van der Waals surface area contributed by atoms with Gasteiger partial charge in [0.1, 0.15) is 5.01 Å². The van der Waals surface area contributed by atoms with Crippen LogP contribution in [0, 0.1) is 10.1 Å². The van der Waals surface area contributed by atoms with Crippen LogP contribution < -0.4 is 10.0 Å². The standard InChI is InChI=1S/C23H24N6O4S2/c1-23(2,3)27-35(32,33)20-13-16(26-22-24-11-12-28(22)4)7-10-18(20)19-14-25-21(34-19)15-5-8-17(9-6-15)29(30)31/h5-14,27H,1-4H3,(H,24,26). The summed E-state index contributed by atoms with van der Waals surface area (Å²) in [6, 6.07) is 11.2. The zero-order chi connectivity index (χ0) is 25.4. The molecule has 2 heterocycles. The maximum absolute atomic E-state index is 13.4. The van der Waals surface area contributed by atoms with Gasteiger partial charge in [-0.25, -0.2) is 23.1 Å². The number of thiazole rings is 1. The van der Waals surface area contributed by atoms with Gasteiger partial charge in [-0.1, -0.05) is 6.07 Å². The highest BCUT2D eigenvalue weighted by Gasteiger charge is 2.26. The third-order valence-corrected chi connectivity index (χ3v) is 7.76. The van der Waals surface area contributed by atoms with Gasteiger partial charge in [-0.05, 0) is 45.0 Å². The van der Waals surface area contributed by atoms with E-state index in [-0.39, 0.29) is 10.6 Å². The summed E-state index contributed by atoms with van der Waals surface area (Å²) in [5.41, 5.74) is 1.08. The van der Waals surface area contributed by atoms with Gasteiger partial charge in [0.25, 0.3) is 5.69 Å². The second-order valence-corrected chi connectivity index (χ2v) is 11.6. The SMILES string of the molecule is Cn1ccnc1Nc1ccc(-c2cnc(-c3ccc([N+](=O)[O-])cc3)s2)c(S(=O)(=O)NC(C)(C)C)c1. The number of sulfonamides is 1. The maximum Gasteiger partial charge on any atom is 0.269 e. The quantitative estimate of drug-likeness (QED) is 0.265. The number of hydrogen-bond acceptors (Lipinski definition) is 8. The Labute approximate surface area is 206 Å². The Hall–Kier alpha value is -3.61. The van der Waals surface area contributed by atoms with Crippen molar-refractivity contribution in [2.75, 3.05) is 5.32 Å². The molecule has 0 fully saturated rings. The highest BCUT2D eigenvalue weighted by molar-refractivity contribution is 7.89. The first-order valence-corrected chi connectivity index (χ1v) is 12.9. The smallest absolute Gasteiger partial charge is 0.269 e. The van der Waals surface area contributed by atoms with E-state index in [0.717, 1.165) is 0 Å². The fourth-order valence-corrected chi connectivity index (χ4v) is 6.05. The fraction of sp³-hybridized carbons (Fsp3) is 0.217. The molecule has 0 radical (unpaired) electrons. The number of nitro groups is 1. The van der Waals surface area contributed by atoms with E-state index >= 15 is 0 Å². The van der Waals surface area contributed by atoms with Crippen LogP contribution in [-0.4, -0.2) is 33.4 Å². The molecule has 35 heavy (non-hydrogen) atoms. The van der Waals surface area contributed by atoms with Crippen molar-refractivity contribution in [2.24, 2.45) is 7.05 Å². The predicted octanol–water partition coefficient (Wildman–Crippen LogP) is 4.94. The second kappa shape index (κ2) is 9.21. The molecule has 2 N–H and O–H groups in total. The molecule has 0 spiro atoms. The predicted molar refractivity (Wildman–Crippen MR) is 136 cm³/mol. The summed E-state index contributed by atoms with van der Waals surface area (Å²) in [5.74, 6) is 0.572. The van der Waals surface area contributed by atoms with E-state index in [4.69, 9.17) is 0 Å². The van der Waals surface area contributed by atoms with Crippen LogP contribution in [0.3, 0.4) is 0 Å². The monoisotopic (exact) mass is 512 g/mol. The zero-order valence-electron chi connectivity index (χ0n) is 19.5. The molecule has 2 aromatic carbocycles. The van der Waals surface area contributed by atoms with Gasteiger partial charge in [-0.3, -0.25) is 10.1 Å². The molecule has 0 bridgehead atoms. The number of nitrogens with zero attached hydrogens (tertiary/aromatic N) is 4. The van der Waals surface area contributed by atoms with E-state index in [1.165, 1.54) is 23.5 Å². The number of non-ortho nitro benzene ring substituents is 1. The average Bonchev–Trinajstić information content (AvgIpc) is 3.42. The minimum atomic E-state index is -3.89. The molecule has 0 unspecified atom stereocenters. The minimum absolute atomic E-state index is 0.0111. The number of benzene rings is 2. The summed E-state index contributed by atoms with van der Waals surface area (Å²) in [5, 5.41) is 14.7. The molecular formula is C23H24N6O4S2. The molecule has 0 saturated heterocycles.